The molecule has 6 atom stereocenters. The standard InChI is InChI=1S/C65H126O17P2/c1-9-58(8)44-36-28-21-24-30-38-46-63(68)76-51-60(81-64(69)47-39-31-18-16-14-12-10-11-13-15-17-25-33-41-55(2)3)53-79-83(71,72)77-49-59(66)50-78-84(73,74)80-54-61(82-65(70)48-40-32-23-20-27-35-43-57(6)7)52-75-62(67)45-37-29-22-19-26-34-42-56(4)5/h55-61,66H,9-54H2,1-8H3,(H,71,72)(H,73,74)/t58?,59-,60-,61-/m1/s1. The number of aliphatic hydroxyl groups excluding tert-OH is 1. The molecule has 0 aromatic carbocycles. The molecule has 84 heavy (non-hydrogen) atoms. The first kappa shape index (κ1) is 82.1. The Labute approximate surface area is 511 Å². The molecule has 0 aromatic rings. The lowest BCUT2D eigenvalue weighted by Gasteiger charge is -2.21. The topological polar surface area (TPSA) is 237 Å². The third kappa shape index (κ3) is 57.8. The van der Waals surface area contributed by atoms with Crippen molar-refractivity contribution in [3.63, 3.8) is 0 Å². The predicted molar refractivity (Wildman–Crippen MR) is 335 cm³/mol. The van der Waals surface area contributed by atoms with Gasteiger partial charge in [0.15, 0.2) is 12.2 Å². The lowest BCUT2D eigenvalue weighted by molar-refractivity contribution is -0.161. The van der Waals surface area contributed by atoms with Crippen LogP contribution in [-0.2, 0) is 65.4 Å². The van der Waals surface area contributed by atoms with E-state index in [4.69, 9.17) is 37.0 Å². The minimum atomic E-state index is -4.95. The van der Waals surface area contributed by atoms with Crippen LogP contribution in [0.1, 0.15) is 312 Å². The van der Waals surface area contributed by atoms with Crippen LogP contribution in [0.3, 0.4) is 0 Å². The van der Waals surface area contributed by atoms with Gasteiger partial charge in [0.25, 0.3) is 0 Å². The van der Waals surface area contributed by atoms with Gasteiger partial charge in [-0.15, -0.1) is 0 Å². The van der Waals surface area contributed by atoms with Crippen molar-refractivity contribution in [1.82, 2.24) is 0 Å². The zero-order valence-corrected chi connectivity index (χ0v) is 56.3. The Bertz CT molecular complexity index is 1680. The number of unbranched alkanes of at least 4 members (excludes halogenated alkanes) is 27. The summed E-state index contributed by atoms with van der Waals surface area (Å²) >= 11 is 0. The molecule has 0 saturated heterocycles. The van der Waals surface area contributed by atoms with E-state index in [-0.39, 0.29) is 25.7 Å². The van der Waals surface area contributed by atoms with Crippen LogP contribution in [0.25, 0.3) is 0 Å². The van der Waals surface area contributed by atoms with Crippen molar-refractivity contribution in [2.45, 2.75) is 331 Å². The summed E-state index contributed by atoms with van der Waals surface area (Å²) in [4.78, 5) is 72.2. The van der Waals surface area contributed by atoms with E-state index in [2.05, 4.69) is 55.4 Å². The summed E-state index contributed by atoms with van der Waals surface area (Å²) in [5.41, 5.74) is 0. The van der Waals surface area contributed by atoms with Gasteiger partial charge in [0, 0.05) is 25.7 Å². The van der Waals surface area contributed by atoms with Gasteiger partial charge in [0.1, 0.15) is 19.3 Å². The van der Waals surface area contributed by atoms with E-state index < -0.39 is 97.5 Å². The van der Waals surface area contributed by atoms with E-state index in [0.717, 1.165) is 115 Å². The average molecular weight is 1240 g/mol. The predicted octanol–water partition coefficient (Wildman–Crippen LogP) is 17.8. The number of rotatable bonds is 62. The van der Waals surface area contributed by atoms with Gasteiger partial charge in [-0.3, -0.25) is 37.3 Å². The van der Waals surface area contributed by atoms with E-state index >= 15 is 0 Å². The van der Waals surface area contributed by atoms with Crippen molar-refractivity contribution in [3.05, 3.63) is 0 Å². The van der Waals surface area contributed by atoms with Crippen LogP contribution in [0, 0.1) is 23.7 Å². The van der Waals surface area contributed by atoms with E-state index in [0.29, 0.717) is 37.5 Å². The molecule has 0 aliphatic carbocycles. The number of phosphoric ester groups is 2. The number of esters is 4. The maximum absolute atomic E-state index is 13.0. The number of carbonyl (C=O) groups is 4. The van der Waals surface area contributed by atoms with Gasteiger partial charge >= 0.3 is 39.5 Å². The highest BCUT2D eigenvalue weighted by molar-refractivity contribution is 7.47. The molecule has 0 amide bonds. The molecular weight excluding hydrogens is 1110 g/mol. The molecule has 0 aromatic heterocycles. The van der Waals surface area contributed by atoms with Crippen molar-refractivity contribution in [2.75, 3.05) is 39.6 Å². The number of ether oxygens (including phenoxy) is 4. The summed E-state index contributed by atoms with van der Waals surface area (Å²) in [5, 5.41) is 10.5. The van der Waals surface area contributed by atoms with E-state index in [1.807, 2.05) is 0 Å². The fourth-order valence-corrected chi connectivity index (χ4v) is 11.2. The Morgan fingerprint density at radius 2 is 0.571 bits per heavy atom. The van der Waals surface area contributed by atoms with Crippen molar-refractivity contribution >= 4 is 39.5 Å². The number of carbonyl (C=O) groups excluding carboxylic acids is 4. The van der Waals surface area contributed by atoms with E-state index in [1.54, 1.807) is 0 Å². The second kappa shape index (κ2) is 55.2. The fourth-order valence-electron chi connectivity index (χ4n) is 9.57. The van der Waals surface area contributed by atoms with Gasteiger partial charge in [-0.2, -0.15) is 0 Å². The smallest absolute Gasteiger partial charge is 0.462 e. The molecule has 0 heterocycles. The highest BCUT2D eigenvalue weighted by atomic mass is 31.2. The van der Waals surface area contributed by atoms with Crippen LogP contribution in [0.2, 0.25) is 0 Å². The van der Waals surface area contributed by atoms with Gasteiger partial charge in [0.05, 0.1) is 26.4 Å². The zero-order valence-electron chi connectivity index (χ0n) is 54.5. The fraction of sp³-hybridized carbons (Fsp3) is 0.938. The summed E-state index contributed by atoms with van der Waals surface area (Å²) in [6, 6.07) is 0. The summed E-state index contributed by atoms with van der Waals surface area (Å²) in [5.74, 6) is 0.723. The largest absolute Gasteiger partial charge is 0.472 e. The molecule has 0 aliphatic heterocycles. The molecule has 0 saturated carbocycles. The highest BCUT2D eigenvalue weighted by Gasteiger charge is 2.30. The first-order valence-corrected chi connectivity index (χ1v) is 36.7. The number of aliphatic hydroxyl groups is 1. The molecular formula is C65H126O17P2. The Hall–Kier alpha value is -1.94. The molecule has 0 spiro atoms. The van der Waals surface area contributed by atoms with Crippen molar-refractivity contribution in [2.24, 2.45) is 23.7 Å². The normalized spacial score (nSPS) is 14.7. The van der Waals surface area contributed by atoms with Gasteiger partial charge in [-0.25, -0.2) is 9.13 Å². The van der Waals surface area contributed by atoms with Crippen LogP contribution in [0.5, 0.6) is 0 Å². The molecule has 3 unspecified atom stereocenters. The molecule has 0 bridgehead atoms. The van der Waals surface area contributed by atoms with Gasteiger partial charge in [-0.05, 0) is 49.4 Å². The number of hydrogen-bond donors (Lipinski definition) is 3. The summed E-state index contributed by atoms with van der Waals surface area (Å²) < 4.78 is 68.0. The molecule has 498 valence electrons. The minimum absolute atomic E-state index is 0.100. The Balaban J connectivity index is 5.22. The van der Waals surface area contributed by atoms with Gasteiger partial charge < -0.3 is 33.8 Å². The van der Waals surface area contributed by atoms with Crippen LogP contribution in [0.4, 0.5) is 0 Å². The Kier molecular flexibility index (Phi) is 53.9. The molecule has 0 aliphatic rings. The second-order valence-corrected chi connectivity index (χ2v) is 28.1. The Morgan fingerprint density at radius 3 is 0.845 bits per heavy atom. The SMILES string of the molecule is CCC(C)CCCCCCCCC(=O)OC[C@H](COP(=O)(O)OC[C@@H](O)COP(=O)(O)OC[C@@H](COC(=O)CCCCCCCCC(C)C)OC(=O)CCCCCCCCC(C)C)OC(=O)CCCCCCCCCCCCCCCC(C)C. The van der Waals surface area contributed by atoms with Crippen LogP contribution in [0.15, 0.2) is 0 Å². The van der Waals surface area contributed by atoms with Crippen molar-refractivity contribution in [3.8, 4) is 0 Å². The second-order valence-electron chi connectivity index (χ2n) is 25.2. The lowest BCUT2D eigenvalue weighted by atomic mass is 10.00. The van der Waals surface area contributed by atoms with Gasteiger partial charge in [0.2, 0.25) is 0 Å². The van der Waals surface area contributed by atoms with Crippen LogP contribution < -0.4 is 0 Å². The Morgan fingerprint density at radius 1 is 0.333 bits per heavy atom. The van der Waals surface area contributed by atoms with Crippen molar-refractivity contribution < 1.29 is 80.2 Å². The number of hydrogen-bond acceptors (Lipinski definition) is 15. The van der Waals surface area contributed by atoms with Crippen molar-refractivity contribution in [1.29, 1.82) is 0 Å². The molecule has 17 nitrogen and oxygen atoms in total. The maximum atomic E-state index is 13.0. The summed E-state index contributed by atoms with van der Waals surface area (Å²) in [6.07, 6.45) is 35.2. The number of phosphoric acid groups is 2. The maximum Gasteiger partial charge on any atom is 0.472 e. The third-order valence-corrected chi connectivity index (χ3v) is 17.1. The summed E-state index contributed by atoms with van der Waals surface area (Å²) in [6.45, 7) is 13.9. The molecule has 3 N–H and O–H groups in total. The van der Waals surface area contributed by atoms with Gasteiger partial charge in [-0.1, -0.05) is 261 Å². The summed E-state index contributed by atoms with van der Waals surface area (Å²) in [7, 11) is -9.89. The highest BCUT2D eigenvalue weighted by Crippen LogP contribution is 2.45. The quantitative estimate of drug-likeness (QED) is 0.0222. The molecule has 0 fully saturated rings. The third-order valence-electron chi connectivity index (χ3n) is 15.2. The molecule has 0 radical (unpaired) electrons. The monoisotopic (exact) mass is 1240 g/mol. The lowest BCUT2D eigenvalue weighted by Crippen LogP contribution is -2.30. The molecule has 0 rings (SSSR count). The molecule has 19 heteroatoms. The van der Waals surface area contributed by atoms with E-state index in [1.165, 1.54) is 103 Å². The van der Waals surface area contributed by atoms with Crippen LogP contribution >= 0.6 is 15.6 Å². The zero-order chi connectivity index (χ0) is 62.5. The average Bonchev–Trinajstić information content (AvgIpc) is 3.46. The first-order chi connectivity index (χ1) is 40.1. The minimum Gasteiger partial charge on any atom is -0.462 e. The van der Waals surface area contributed by atoms with E-state index in [9.17, 15) is 43.2 Å². The first-order valence-electron chi connectivity index (χ1n) is 33.7. The van der Waals surface area contributed by atoms with Crippen LogP contribution in [-0.4, -0.2) is 96.7 Å².